The van der Waals surface area contributed by atoms with E-state index in [1.54, 1.807) is 72.8 Å². The van der Waals surface area contributed by atoms with Gasteiger partial charge in [0.15, 0.2) is 6.04 Å². The fourth-order valence-electron chi connectivity index (χ4n) is 3.04. The van der Waals surface area contributed by atoms with E-state index in [9.17, 15) is 19.2 Å². The number of hydrogen-bond acceptors (Lipinski definition) is 6. The number of esters is 2. The van der Waals surface area contributed by atoms with Crippen molar-refractivity contribution in [1.82, 2.24) is 5.32 Å². The quantitative estimate of drug-likeness (QED) is 0.334. The first kappa shape index (κ1) is 22.4. The van der Waals surface area contributed by atoms with Crippen molar-refractivity contribution in [2.24, 2.45) is 0 Å². The van der Waals surface area contributed by atoms with Crippen molar-refractivity contribution in [2.45, 2.75) is 12.5 Å². The van der Waals surface area contributed by atoms with E-state index in [0.29, 0.717) is 28.5 Å². The molecule has 0 aliphatic rings. The number of nitrogens with one attached hydrogen (secondary N) is 1. The number of rotatable bonds is 8. The third-order valence-corrected chi connectivity index (χ3v) is 4.69. The largest absolute Gasteiger partial charge is 0.467 e. The monoisotopic (exact) mass is 431 g/mol. The maximum absolute atomic E-state index is 12.6. The van der Waals surface area contributed by atoms with Gasteiger partial charge in [-0.05, 0) is 35.9 Å². The smallest absolute Gasteiger partial charge is 0.343 e. The van der Waals surface area contributed by atoms with Gasteiger partial charge in [0.25, 0.3) is 5.91 Å². The zero-order chi connectivity index (χ0) is 22.9. The van der Waals surface area contributed by atoms with Crippen LogP contribution in [0.1, 0.15) is 37.9 Å². The number of hydrogen-bond donors (Lipinski definition) is 1. The molecule has 32 heavy (non-hydrogen) atoms. The van der Waals surface area contributed by atoms with E-state index >= 15 is 0 Å². The number of carbonyl (C=O) groups is 4. The summed E-state index contributed by atoms with van der Waals surface area (Å²) in [6.45, 7) is 0. The van der Waals surface area contributed by atoms with Crippen LogP contribution in [0.25, 0.3) is 0 Å². The molecule has 3 aromatic rings. The van der Waals surface area contributed by atoms with Crippen molar-refractivity contribution in [3.63, 3.8) is 0 Å². The SMILES string of the molecule is COC(=O)C(NC(=O)c1ccccc1)c1ccc(CC=O)c(OC(=O)c2ccccc2)c1. The molecule has 0 spiro atoms. The van der Waals surface area contributed by atoms with Crippen molar-refractivity contribution in [1.29, 1.82) is 0 Å². The van der Waals surface area contributed by atoms with Gasteiger partial charge in [0.2, 0.25) is 0 Å². The van der Waals surface area contributed by atoms with Gasteiger partial charge in [0.05, 0.1) is 12.7 Å². The highest BCUT2D eigenvalue weighted by molar-refractivity contribution is 5.97. The molecule has 0 aromatic heterocycles. The van der Waals surface area contributed by atoms with E-state index in [4.69, 9.17) is 9.47 Å². The first-order valence-electron chi connectivity index (χ1n) is 9.81. The third-order valence-electron chi connectivity index (χ3n) is 4.69. The molecule has 0 fully saturated rings. The van der Waals surface area contributed by atoms with E-state index < -0.39 is 23.9 Å². The van der Waals surface area contributed by atoms with E-state index in [-0.39, 0.29) is 12.2 Å². The van der Waals surface area contributed by atoms with Gasteiger partial charge >= 0.3 is 11.9 Å². The minimum atomic E-state index is -1.15. The van der Waals surface area contributed by atoms with Crippen LogP contribution in [0.5, 0.6) is 5.75 Å². The zero-order valence-electron chi connectivity index (χ0n) is 17.3. The Bertz CT molecular complexity index is 1110. The lowest BCUT2D eigenvalue weighted by Crippen LogP contribution is -2.34. The molecule has 7 nitrogen and oxygen atoms in total. The summed E-state index contributed by atoms with van der Waals surface area (Å²) >= 11 is 0. The van der Waals surface area contributed by atoms with Crippen LogP contribution in [-0.2, 0) is 20.7 Å². The molecule has 0 aliphatic carbocycles. The molecule has 0 saturated carbocycles. The average molecular weight is 431 g/mol. The minimum Gasteiger partial charge on any atom is -0.467 e. The topological polar surface area (TPSA) is 98.8 Å². The maximum Gasteiger partial charge on any atom is 0.343 e. The summed E-state index contributed by atoms with van der Waals surface area (Å²) in [4.78, 5) is 48.7. The van der Waals surface area contributed by atoms with Crippen molar-refractivity contribution in [2.75, 3.05) is 7.11 Å². The van der Waals surface area contributed by atoms with Gasteiger partial charge in [-0.2, -0.15) is 0 Å². The number of ether oxygens (including phenoxy) is 2. The van der Waals surface area contributed by atoms with Gasteiger partial charge in [0.1, 0.15) is 12.0 Å². The molecule has 0 aliphatic heterocycles. The van der Waals surface area contributed by atoms with Gasteiger partial charge in [0, 0.05) is 17.5 Å². The highest BCUT2D eigenvalue weighted by Gasteiger charge is 2.26. The van der Waals surface area contributed by atoms with Crippen molar-refractivity contribution < 1.29 is 28.7 Å². The summed E-state index contributed by atoms with van der Waals surface area (Å²) in [6.07, 6.45) is 0.695. The molecule has 3 aromatic carbocycles. The lowest BCUT2D eigenvalue weighted by Gasteiger charge is -2.19. The molecule has 3 rings (SSSR count). The molecule has 1 atom stereocenters. The van der Waals surface area contributed by atoms with Crippen LogP contribution < -0.4 is 10.1 Å². The predicted molar refractivity (Wildman–Crippen MR) is 116 cm³/mol. The van der Waals surface area contributed by atoms with Crippen molar-refractivity contribution in [3.8, 4) is 5.75 Å². The van der Waals surface area contributed by atoms with Gasteiger partial charge < -0.3 is 19.6 Å². The number of carbonyl (C=O) groups excluding carboxylic acids is 4. The molecule has 0 bridgehead atoms. The lowest BCUT2D eigenvalue weighted by molar-refractivity contribution is -0.143. The van der Waals surface area contributed by atoms with Gasteiger partial charge in [-0.25, -0.2) is 9.59 Å². The molecule has 162 valence electrons. The second-order valence-electron chi connectivity index (χ2n) is 6.79. The fraction of sp³-hybridized carbons (Fsp3) is 0.120. The molecular weight excluding hydrogens is 410 g/mol. The van der Waals surface area contributed by atoms with Crippen LogP contribution in [0.3, 0.4) is 0 Å². The van der Waals surface area contributed by atoms with Crippen LogP contribution in [0, 0.1) is 0 Å². The summed E-state index contributed by atoms with van der Waals surface area (Å²) in [7, 11) is 1.21. The molecule has 1 N–H and O–H groups in total. The number of benzene rings is 3. The van der Waals surface area contributed by atoms with Crippen LogP contribution in [0.4, 0.5) is 0 Å². The lowest BCUT2D eigenvalue weighted by atomic mass is 10.0. The fourth-order valence-corrected chi connectivity index (χ4v) is 3.04. The molecule has 7 heteroatoms. The van der Waals surface area contributed by atoms with E-state index in [1.165, 1.54) is 13.2 Å². The summed E-state index contributed by atoms with van der Waals surface area (Å²) in [5.74, 6) is -1.66. The van der Waals surface area contributed by atoms with Gasteiger partial charge in [-0.3, -0.25) is 4.79 Å². The van der Waals surface area contributed by atoms with Gasteiger partial charge in [-0.15, -0.1) is 0 Å². The molecule has 1 unspecified atom stereocenters. The third kappa shape index (κ3) is 5.46. The highest BCUT2D eigenvalue weighted by Crippen LogP contribution is 2.26. The summed E-state index contributed by atoms with van der Waals surface area (Å²) < 4.78 is 10.4. The molecule has 0 radical (unpaired) electrons. The molecule has 0 saturated heterocycles. The van der Waals surface area contributed by atoms with Crippen molar-refractivity contribution in [3.05, 3.63) is 101 Å². The van der Waals surface area contributed by atoms with Crippen molar-refractivity contribution >= 4 is 24.1 Å². The Morgan fingerprint density at radius 2 is 1.53 bits per heavy atom. The number of aldehydes is 1. The maximum atomic E-state index is 12.6. The summed E-state index contributed by atoms with van der Waals surface area (Å²) in [5, 5.41) is 2.64. The standard InChI is InChI=1S/C25H21NO6/c1-31-25(30)22(26-23(28)18-8-4-2-5-9-18)20-13-12-17(14-15-27)21(16-20)32-24(29)19-10-6-3-7-11-19/h2-13,15-16,22H,14H2,1H3,(H,26,28). The summed E-state index contributed by atoms with van der Waals surface area (Å²) in [5.41, 5.74) is 1.50. The Morgan fingerprint density at radius 3 is 2.12 bits per heavy atom. The normalized spacial score (nSPS) is 11.2. The Morgan fingerprint density at radius 1 is 0.906 bits per heavy atom. The minimum absolute atomic E-state index is 0.0109. The number of methoxy groups -OCH3 is 1. The Balaban J connectivity index is 1.93. The summed E-state index contributed by atoms with van der Waals surface area (Å²) in [6, 6.07) is 20.2. The average Bonchev–Trinajstić information content (AvgIpc) is 2.84. The second kappa shape index (κ2) is 10.7. The van der Waals surface area contributed by atoms with Crippen LogP contribution >= 0.6 is 0 Å². The van der Waals surface area contributed by atoms with E-state index in [0.717, 1.165) is 0 Å². The van der Waals surface area contributed by atoms with E-state index in [1.807, 2.05) is 0 Å². The first-order valence-corrected chi connectivity index (χ1v) is 9.81. The van der Waals surface area contributed by atoms with Gasteiger partial charge in [-0.1, -0.05) is 48.5 Å². The highest BCUT2D eigenvalue weighted by atomic mass is 16.5. The predicted octanol–water partition coefficient (Wildman–Crippen LogP) is 3.29. The van der Waals surface area contributed by atoms with Crippen LogP contribution in [0.2, 0.25) is 0 Å². The van der Waals surface area contributed by atoms with Crippen LogP contribution in [-0.4, -0.2) is 31.2 Å². The first-order chi connectivity index (χ1) is 15.5. The van der Waals surface area contributed by atoms with E-state index in [2.05, 4.69) is 5.32 Å². The Kier molecular flexibility index (Phi) is 7.48. The second-order valence-corrected chi connectivity index (χ2v) is 6.79. The van der Waals surface area contributed by atoms with Crippen LogP contribution in [0.15, 0.2) is 78.9 Å². The Hall–Kier alpha value is -4.26. The molecule has 1 amide bonds. The molecule has 0 heterocycles. The Labute approximate surface area is 185 Å². The zero-order valence-corrected chi connectivity index (χ0v) is 17.3. The number of amides is 1. The molecular formula is C25H21NO6.